The number of aryl methyl sites for hydroxylation is 1. The normalized spacial score (nSPS) is 21.9. The number of benzene rings is 1. The van der Waals surface area contributed by atoms with Gasteiger partial charge in [0.1, 0.15) is 12.1 Å². The molecule has 0 radical (unpaired) electrons. The highest BCUT2D eigenvalue weighted by Crippen LogP contribution is 2.36. The fourth-order valence-corrected chi connectivity index (χ4v) is 6.12. The third kappa shape index (κ3) is 5.13. The number of likely N-dealkylation sites (N-methyl/N-ethyl adjacent to an activating group) is 1. The van der Waals surface area contributed by atoms with E-state index >= 15 is 0 Å². The Hall–Kier alpha value is -3.78. The number of ether oxygens (including phenoxy) is 1. The lowest BCUT2D eigenvalue weighted by Crippen LogP contribution is -2.42. The second kappa shape index (κ2) is 10.8. The van der Waals surface area contributed by atoms with Gasteiger partial charge in [0.2, 0.25) is 5.88 Å². The van der Waals surface area contributed by atoms with E-state index in [1.165, 1.54) is 0 Å². The molecule has 3 aromatic rings. The molecule has 1 aliphatic carbocycles. The summed E-state index contributed by atoms with van der Waals surface area (Å²) in [6, 6.07) is 8.24. The van der Waals surface area contributed by atoms with Crippen LogP contribution in [0.2, 0.25) is 0 Å². The minimum Gasteiger partial charge on any atom is -0.481 e. The van der Waals surface area contributed by atoms with Gasteiger partial charge in [-0.2, -0.15) is 0 Å². The molecule has 2 fully saturated rings. The molecular formula is C31H36N6O2. The van der Waals surface area contributed by atoms with E-state index in [1.54, 1.807) is 13.4 Å². The van der Waals surface area contributed by atoms with Crippen LogP contribution in [0.5, 0.6) is 5.88 Å². The van der Waals surface area contributed by atoms with Crippen molar-refractivity contribution in [3.05, 3.63) is 66.2 Å². The zero-order chi connectivity index (χ0) is 26.9. The number of allylic oxidation sites excluding steroid dienone is 1. The maximum absolute atomic E-state index is 13.4. The molecule has 1 amide bonds. The maximum atomic E-state index is 13.4. The Kier molecular flexibility index (Phi) is 7.04. The van der Waals surface area contributed by atoms with Crippen LogP contribution in [0.1, 0.15) is 18.4 Å². The largest absolute Gasteiger partial charge is 0.481 e. The summed E-state index contributed by atoms with van der Waals surface area (Å²) >= 11 is 0. The van der Waals surface area contributed by atoms with E-state index in [0.29, 0.717) is 11.8 Å². The van der Waals surface area contributed by atoms with Gasteiger partial charge in [0, 0.05) is 67.4 Å². The van der Waals surface area contributed by atoms with Gasteiger partial charge in [0.15, 0.2) is 0 Å². The molecular weight excluding hydrogens is 488 g/mol. The van der Waals surface area contributed by atoms with E-state index in [4.69, 9.17) is 9.72 Å². The minimum absolute atomic E-state index is 0.165. The number of methoxy groups -OCH3 is 1. The highest BCUT2D eigenvalue weighted by molar-refractivity contribution is 5.97. The van der Waals surface area contributed by atoms with Gasteiger partial charge in [-0.15, -0.1) is 0 Å². The molecule has 2 aromatic heterocycles. The van der Waals surface area contributed by atoms with Crippen molar-refractivity contribution in [1.82, 2.24) is 24.8 Å². The van der Waals surface area contributed by atoms with Crippen LogP contribution in [-0.4, -0.2) is 84.1 Å². The van der Waals surface area contributed by atoms with E-state index in [2.05, 4.69) is 64.1 Å². The first-order chi connectivity index (χ1) is 19.0. The van der Waals surface area contributed by atoms with Gasteiger partial charge >= 0.3 is 0 Å². The van der Waals surface area contributed by atoms with Gasteiger partial charge in [-0.3, -0.25) is 4.79 Å². The van der Waals surface area contributed by atoms with Crippen LogP contribution in [-0.2, 0) is 4.79 Å². The topological polar surface area (TPSA) is 74.7 Å². The SMILES string of the molecule is COc1ccc(-c2cc(C)c3ncnc(N4CCC5C=CC(C(=O)N6CCCN(C)CC6)=CC5C4)c3c2)cn1. The molecule has 6 rings (SSSR count). The minimum atomic E-state index is 0.165. The fraction of sp³-hybridized carbons (Fsp3) is 0.419. The first-order valence-electron chi connectivity index (χ1n) is 13.9. The molecule has 0 N–H and O–H groups in total. The summed E-state index contributed by atoms with van der Waals surface area (Å²) in [7, 11) is 3.75. The monoisotopic (exact) mass is 524 g/mol. The van der Waals surface area contributed by atoms with Crippen molar-refractivity contribution in [2.24, 2.45) is 11.8 Å². The van der Waals surface area contributed by atoms with E-state index in [9.17, 15) is 4.79 Å². The number of amides is 1. The van der Waals surface area contributed by atoms with E-state index < -0.39 is 0 Å². The van der Waals surface area contributed by atoms with Crippen molar-refractivity contribution in [2.45, 2.75) is 19.8 Å². The predicted molar refractivity (Wildman–Crippen MR) is 154 cm³/mol. The molecule has 3 aliphatic rings. The molecule has 0 spiro atoms. The zero-order valence-electron chi connectivity index (χ0n) is 23.0. The van der Waals surface area contributed by atoms with E-state index in [1.807, 2.05) is 23.2 Å². The van der Waals surface area contributed by atoms with Gasteiger partial charge in [0.25, 0.3) is 5.91 Å². The molecule has 202 valence electrons. The smallest absolute Gasteiger partial charge is 0.253 e. The third-order valence-corrected chi connectivity index (χ3v) is 8.37. The van der Waals surface area contributed by atoms with Crippen molar-refractivity contribution in [1.29, 1.82) is 0 Å². The predicted octanol–water partition coefficient (Wildman–Crippen LogP) is 4.11. The van der Waals surface area contributed by atoms with Crippen LogP contribution in [0.15, 0.2) is 60.6 Å². The summed E-state index contributed by atoms with van der Waals surface area (Å²) in [6.07, 6.45) is 12.1. The van der Waals surface area contributed by atoms with Crippen LogP contribution in [0.25, 0.3) is 22.0 Å². The van der Waals surface area contributed by atoms with Gasteiger partial charge in [-0.1, -0.05) is 18.2 Å². The number of nitrogens with zero attached hydrogens (tertiary/aromatic N) is 6. The molecule has 4 heterocycles. The number of pyridine rings is 1. The molecule has 0 bridgehead atoms. The highest BCUT2D eigenvalue weighted by atomic mass is 16.5. The lowest BCUT2D eigenvalue weighted by molar-refractivity contribution is -0.126. The molecule has 1 aromatic carbocycles. The molecule has 2 unspecified atom stereocenters. The van der Waals surface area contributed by atoms with Crippen LogP contribution < -0.4 is 9.64 Å². The standard InChI is InChI=1S/C31H36N6O2/c1-21-15-25(24-7-8-28(39-3)32-18-24)17-27-29(21)33-20-34-30(27)37-12-9-22-5-6-23(16-26(22)19-37)31(38)36-11-4-10-35(2)13-14-36/h5-8,15-18,20,22,26H,4,9-14,19H2,1-3H3. The summed E-state index contributed by atoms with van der Waals surface area (Å²) in [5, 5.41) is 1.04. The van der Waals surface area contributed by atoms with Crippen LogP contribution in [0, 0.1) is 18.8 Å². The second-order valence-electron chi connectivity index (χ2n) is 11.0. The number of carbonyl (C=O) groups is 1. The highest BCUT2D eigenvalue weighted by Gasteiger charge is 2.32. The first-order valence-corrected chi connectivity index (χ1v) is 13.9. The van der Waals surface area contributed by atoms with Gasteiger partial charge in [0.05, 0.1) is 12.6 Å². The van der Waals surface area contributed by atoms with Crippen molar-refractivity contribution in [3.63, 3.8) is 0 Å². The summed E-state index contributed by atoms with van der Waals surface area (Å²) in [5.74, 6) is 2.44. The van der Waals surface area contributed by atoms with Crippen LogP contribution in [0.3, 0.4) is 0 Å². The lowest BCUT2D eigenvalue weighted by Gasteiger charge is -2.39. The number of hydrogen-bond acceptors (Lipinski definition) is 7. The van der Waals surface area contributed by atoms with Crippen molar-refractivity contribution >= 4 is 22.6 Å². The Labute approximate surface area is 230 Å². The Balaban J connectivity index is 1.27. The summed E-state index contributed by atoms with van der Waals surface area (Å²) in [4.78, 5) is 33.9. The van der Waals surface area contributed by atoms with Crippen LogP contribution in [0.4, 0.5) is 5.82 Å². The van der Waals surface area contributed by atoms with Gasteiger partial charge < -0.3 is 19.4 Å². The number of piperidine rings is 1. The molecule has 39 heavy (non-hydrogen) atoms. The average Bonchev–Trinajstić information content (AvgIpc) is 3.20. The molecule has 2 aliphatic heterocycles. The van der Waals surface area contributed by atoms with Crippen molar-refractivity contribution < 1.29 is 9.53 Å². The summed E-state index contributed by atoms with van der Waals surface area (Å²) in [6.45, 7) is 7.43. The van der Waals surface area contributed by atoms with E-state index in [0.717, 1.165) is 91.1 Å². The number of anilines is 1. The Morgan fingerprint density at radius 2 is 1.90 bits per heavy atom. The summed E-state index contributed by atoms with van der Waals surface area (Å²) < 4.78 is 5.23. The van der Waals surface area contributed by atoms with Crippen LogP contribution >= 0.6 is 0 Å². The Bertz CT molecular complexity index is 1430. The van der Waals surface area contributed by atoms with Gasteiger partial charge in [-0.05, 0) is 68.6 Å². The van der Waals surface area contributed by atoms with E-state index in [-0.39, 0.29) is 11.8 Å². The second-order valence-corrected chi connectivity index (χ2v) is 11.0. The summed E-state index contributed by atoms with van der Waals surface area (Å²) in [5.41, 5.74) is 5.01. The lowest BCUT2D eigenvalue weighted by atomic mass is 9.80. The molecule has 2 saturated heterocycles. The Morgan fingerprint density at radius 1 is 1.00 bits per heavy atom. The fourth-order valence-electron chi connectivity index (χ4n) is 6.12. The number of hydrogen-bond donors (Lipinski definition) is 0. The van der Waals surface area contributed by atoms with Crippen molar-refractivity contribution in [2.75, 3.05) is 58.3 Å². The molecule has 0 saturated carbocycles. The number of aromatic nitrogens is 3. The Morgan fingerprint density at radius 3 is 2.72 bits per heavy atom. The van der Waals surface area contributed by atoms with Crippen molar-refractivity contribution in [3.8, 4) is 17.0 Å². The number of fused-ring (bicyclic) bond motifs is 2. The zero-order valence-corrected chi connectivity index (χ0v) is 23.0. The third-order valence-electron chi connectivity index (χ3n) is 8.37. The first kappa shape index (κ1) is 25.5. The average molecular weight is 525 g/mol. The van der Waals surface area contributed by atoms with Gasteiger partial charge in [-0.25, -0.2) is 15.0 Å². The number of carbonyl (C=O) groups excluding carboxylic acids is 1. The molecule has 2 atom stereocenters. The maximum Gasteiger partial charge on any atom is 0.253 e. The molecule has 8 heteroatoms. The quantitative estimate of drug-likeness (QED) is 0.509. The molecule has 8 nitrogen and oxygen atoms in total. The number of rotatable bonds is 4.